The van der Waals surface area contributed by atoms with E-state index in [0.29, 0.717) is 6.42 Å². The van der Waals surface area contributed by atoms with Gasteiger partial charge in [-0.3, -0.25) is 9.59 Å². The van der Waals surface area contributed by atoms with E-state index >= 15 is 0 Å². The predicted octanol–water partition coefficient (Wildman–Crippen LogP) is 12.9. The molecule has 1 unspecified atom stereocenters. The van der Waals surface area contributed by atoms with Crippen molar-refractivity contribution < 1.29 is 19.4 Å². The highest BCUT2D eigenvalue weighted by Crippen LogP contribution is 2.19. The SMILES string of the molecule is CCCCCCCCCCCCCCCCCC(=O)OC(CCCCCCCCCCCC)CCCCCCC(=O)O. The van der Waals surface area contributed by atoms with Gasteiger partial charge in [0, 0.05) is 12.8 Å². The minimum Gasteiger partial charge on any atom is -0.481 e. The summed E-state index contributed by atoms with van der Waals surface area (Å²) in [6.07, 6.45) is 39.7. The maximum atomic E-state index is 12.6. The lowest BCUT2D eigenvalue weighted by Crippen LogP contribution is -2.18. The molecule has 0 spiro atoms. The number of ether oxygens (including phenoxy) is 1. The Kier molecular flexibility index (Phi) is 33.6. The number of unbranched alkanes of at least 4 members (excludes halogenated alkanes) is 26. The standard InChI is InChI=1S/C38H74O4/c1-3-5-7-9-11-13-15-16-17-18-19-21-23-25-31-35-38(41)42-36(33-29-26-27-30-34-37(39)40)32-28-24-22-20-14-12-10-8-6-4-2/h36H,3-35H2,1-2H3,(H,39,40). The Labute approximate surface area is 262 Å². The van der Waals surface area contributed by atoms with Crippen LogP contribution in [0.1, 0.15) is 226 Å². The van der Waals surface area contributed by atoms with Crippen LogP contribution in [0.5, 0.6) is 0 Å². The lowest BCUT2D eigenvalue weighted by Gasteiger charge is -2.18. The molecule has 250 valence electrons. The van der Waals surface area contributed by atoms with Crippen molar-refractivity contribution in [3.05, 3.63) is 0 Å². The summed E-state index contributed by atoms with van der Waals surface area (Å²) in [5, 5.41) is 8.83. The zero-order valence-electron chi connectivity index (χ0n) is 28.6. The Bertz CT molecular complexity index is 561. The Hall–Kier alpha value is -1.06. The molecule has 4 nitrogen and oxygen atoms in total. The number of carboxylic acid groups (broad SMARTS) is 1. The van der Waals surface area contributed by atoms with Crippen LogP contribution in [0.3, 0.4) is 0 Å². The number of hydrogen-bond acceptors (Lipinski definition) is 3. The molecule has 1 atom stereocenters. The zero-order valence-corrected chi connectivity index (χ0v) is 28.6. The highest BCUT2D eigenvalue weighted by atomic mass is 16.5. The van der Waals surface area contributed by atoms with Crippen molar-refractivity contribution in [3.8, 4) is 0 Å². The first-order chi connectivity index (χ1) is 20.6. The first-order valence-corrected chi connectivity index (χ1v) is 19.0. The van der Waals surface area contributed by atoms with Gasteiger partial charge in [-0.15, -0.1) is 0 Å². The van der Waals surface area contributed by atoms with Gasteiger partial charge in [0.15, 0.2) is 0 Å². The number of carboxylic acids is 1. The summed E-state index contributed by atoms with van der Waals surface area (Å²) in [4.78, 5) is 23.3. The van der Waals surface area contributed by atoms with Crippen molar-refractivity contribution in [3.63, 3.8) is 0 Å². The van der Waals surface area contributed by atoms with E-state index in [1.165, 1.54) is 141 Å². The molecule has 0 saturated carbocycles. The third-order valence-electron chi connectivity index (χ3n) is 8.83. The van der Waals surface area contributed by atoms with Crippen molar-refractivity contribution >= 4 is 11.9 Å². The lowest BCUT2D eigenvalue weighted by molar-refractivity contribution is -0.150. The van der Waals surface area contributed by atoms with Gasteiger partial charge < -0.3 is 9.84 Å². The largest absolute Gasteiger partial charge is 0.481 e. The van der Waals surface area contributed by atoms with Crippen LogP contribution in [0.15, 0.2) is 0 Å². The van der Waals surface area contributed by atoms with Crippen LogP contribution < -0.4 is 0 Å². The smallest absolute Gasteiger partial charge is 0.306 e. The third kappa shape index (κ3) is 33.4. The molecule has 0 aromatic carbocycles. The molecule has 42 heavy (non-hydrogen) atoms. The maximum absolute atomic E-state index is 12.6. The van der Waals surface area contributed by atoms with Gasteiger partial charge in [0.1, 0.15) is 6.10 Å². The molecular weight excluding hydrogens is 520 g/mol. The molecule has 0 rings (SSSR count). The quantitative estimate of drug-likeness (QED) is 0.0585. The molecule has 0 aliphatic heterocycles. The van der Waals surface area contributed by atoms with Gasteiger partial charge in [0.2, 0.25) is 0 Å². The van der Waals surface area contributed by atoms with Crippen LogP contribution in [0, 0.1) is 0 Å². The molecule has 4 heteroatoms. The lowest BCUT2D eigenvalue weighted by atomic mass is 10.0. The fourth-order valence-electron chi connectivity index (χ4n) is 6.01. The molecule has 0 aromatic heterocycles. The maximum Gasteiger partial charge on any atom is 0.306 e. The second kappa shape index (κ2) is 34.4. The molecule has 0 aliphatic rings. The molecular formula is C38H74O4. The number of rotatable bonds is 35. The van der Waals surface area contributed by atoms with Crippen LogP contribution in [0.2, 0.25) is 0 Å². The van der Waals surface area contributed by atoms with E-state index in [2.05, 4.69) is 13.8 Å². The molecule has 1 N–H and O–H groups in total. The van der Waals surface area contributed by atoms with Gasteiger partial charge in [-0.2, -0.15) is 0 Å². The molecule has 0 aliphatic carbocycles. The van der Waals surface area contributed by atoms with Crippen molar-refractivity contribution in [1.29, 1.82) is 0 Å². The number of carbonyl (C=O) groups excluding carboxylic acids is 1. The molecule has 0 amide bonds. The van der Waals surface area contributed by atoms with Gasteiger partial charge in [0.05, 0.1) is 0 Å². The van der Waals surface area contributed by atoms with E-state index in [-0.39, 0.29) is 18.5 Å². The monoisotopic (exact) mass is 595 g/mol. The van der Waals surface area contributed by atoms with Gasteiger partial charge in [-0.25, -0.2) is 0 Å². The van der Waals surface area contributed by atoms with Crippen LogP contribution in [0.4, 0.5) is 0 Å². The first kappa shape index (κ1) is 40.9. The summed E-state index contributed by atoms with van der Waals surface area (Å²) >= 11 is 0. The van der Waals surface area contributed by atoms with Gasteiger partial charge >= 0.3 is 11.9 Å². The average Bonchev–Trinajstić information content (AvgIpc) is 2.97. The topological polar surface area (TPSA) is 63.6 Å². The van der Waals surface area contributed by atoms with Crippen LogP contribution >= 0.6 is 0 Å². The highest BCUT2D eigenvalue weighted by Gasteiger charge is 2.14. The minimum atomic E-state index is -0.707. The Morgan fingerprint density at radius 2 is 0.714 bits per heavy atom. The van der Waals surface area contributed by atoms with Crippen molar-refractivity contribution in [2.24, 2.45) is 0 Å². The normalized spacial score (nSPS) is 12.0. The van der Waals surface area contributed by atoms with Crippen LogP contribution in [0.25, 0.3) is 0 Å². The van der Waals surface area contributed by atoms with Crippen LogP contribution in [-0.4, -0.2) is 23.1 Å². The number of aliphatic carboxylic acids is 1. The molecule has 0 radical (unpaired) electrons. The van der Waals surface area contributed by atoms with E-state index in [4.69, 9.17) is 9.84 Å². The summed E-state index contributed by atoms with van der Waals surface area (Å²) in [5.41, 5.74) is 0. The van der Waals surface area contributed by atoms with Gasteiger partial charge in [-0.05, 0) is 38.5 Å². The second-order valence-corrected chi connectivity index (χ2v) is 13.1. The Morgan fingerprint density at radius 3 is 1.05 bits per heavy atom. The van der Waals surface area contributed by atoms with Crippen LogP contribution in [-0.2, 0) is 14.3 Å². The number of hydrogen-bond donors (Lipinski definition) is 1. The average molecular weight is 595 g/mol. The zero-order chi connectivity index (χ0) is 30.8. The highest BCUT2D eigenvalue weighted by molar-refractivity contribution is 5.69. The Balaban J connectivity index is 3.92. The van der Waals surface area contributed by atoms with E-state index in [1.54, 1.807) is 0 Å². The number of carbonyl (C=O) groups is 2. The minimum absolute atomic E-state index is 0.00681. The summed E-state index contributed by atoms with van der Waals surface area (Å²) < 4.78 is 5.96. The van der Waals surface area contributed by atoms with Gasteiger partial charge in [-0.1, -0.05) is 174 Å². The van der Waals surface area contributed by atoms with E-state index < -0.39 is 5.97 Å². The van der Waals surface area contributed by atoms with Crippen molar-refractivity contribution in [2.45, 2.75) is 232 Å². The van der Waals surface area contributed by atoms with E-state index in [0.717, 1.165) is 57.8 Å². The van der Waals surface area contributed by atoms with E-state index in [1.807, 2.05) is 0 Å². The molecule has 0 heterocycles. The third-order valence-corrected chi connectivity index (χ3v) is 8.83. The van der Waals surface area contributed by atoms with Gasteiger partial charge in [0.25, 0.3) is 0 Å². The van der Waals surface area contributed by atoms with E-state index in [9.17, 15) is 9.59 Å². The van der Waals surface area contributed by atoms with Crippen molar-refractivity contribution in [2.75, 3.05) is 0 Å². The first-order valence-electron chi connectivity index (χ1n) is 19.0. The predicted molar refractivity (Wildman–Crippen MR) is 181 cm³/mol. The Morgan fingerprint density at radius 1 is 0.429 bits per heavy atom. The second-order valence-electron chi connectivity index (χ2n) is 13.1. The fourth-order valence-corrected chi connectivity index (χ4v) is 6.01. The summed E-state index contributed by atoms with van der Waals surface area (Å²) in [7, 11) is 0. The summed E-state index contributed by atoms with van der Waals surface area (Å²) in [6, 6.07) is 0. The molecule has 0 saturated heterocycles. The summed E-state index contributed by atoms with van der Waals surface area (Å²) in [6.45, 7) is 4.55. The molecule has 0 fully saturated rings. The summed E-state index contributed by atoms with van der Waals surface area (Å²) in [5.74, 6) is -0.714. The fraction of sp³-hybridized carbons (Fsp3) is 0.947. The number of esters is 1. The molecule has 0 aromatic rings. The molecule has 0 bridgehead atoms. The van der Waals surface area contributed by atoms with Crippen molar-refractivity contribution in [1.82, 2.24) is 0 Å².